The molecule has 2 N–H and O–H groups in total. The zero-order valence-corrected chi connectivity index (χ0v) is 19.8. The van der Waals surface area contributed by atoms with Crippen LogP contribution in [0, 0.1) is 0 Å². The van der Waals surface area contributed by atoms with Crippen molar-refractivity contribution < 1.29 is 19.0 Å². The Morgan fingerprint density at radius 2 is 1.80 bits per heavy atom. The van der Waals surface area contributed by atoms with Crippen LogP contribution < -0.4 is 30.8 Å². The van der Waals surface area contributed by atoms with Crippen LogP contribution in [-0.2, 0) is 6.54 Å². The van der Waals surface area contributed by atoms with Crippen molar-refractivity contribution in [2.45, 2.75) is 6.54 Å². The van der Waals surface area contributed by atoms with Gasteiger partial charge in [-0.25, -0.2) is 9.36 Å². The molecule has 0 atom stereocenters. The highest BCUT2D eigenvalue weighted by Crippen LogP contribution is 2.26. The van der Waals surface area contributed by atoms with E-state index in [4.69, 9.17) is 25.8 Å². The molecule has 0 saturated heterocycles. The van der Waals surface area contributed by atoms with Crippen LogP contribution in [0.2, 0.25) is 5.02 Å². The summed E-state index contributed by atoms with van der Waals surface area (Å²) in [6, 6.07) is 12.9. The molecule has 0 spiro atoms. The Labute approximate surface area is 204 Å². The van der Waals surface area contributed by atoms with E-state index in [1.165, 1.54) is 45.6 Å². The Bertz CT molecular complexity index is 1550. The van der Waals surface area contributed by atoms with E-state index in [2.05, 4.69) is 15.3 Å². The number of hydrogen-bond donors (Lipinski definition) is 2. The molecule has 0 fully saturated rings. The molecular weight excluding hydrogens is 476 g/mol. The number of benzene rings is 2. The van der Waals surface area contributed by atoms with Crippen molar-refractivity contribution in [3.63, 3.8) is 0 Å². The fourth-order valence-corrected chi connectivity index (χ4v) is 3.78. The zero-order valence-electron chi connectivity index (χ0n) is 19.0. The van der Waals surface area contributed by atoms with Gasteiger partial charge in [0.25, 0.3) is 17.3 Å². The first kappa shape index (κ1) is 23.8. The molecule has 35 heavy (non-hydrogen) atoms. The lowest BCUT2D eigenvalue weighted by Gasteiger charge is -2.13. The molecular formula is C24H21ClN4O6. The standard InChI is InChI=1S/C24H21ClN4O6/c1-33-18-7-8-20(28-22(18)35-3)29-23(31)15-11-19(34-2)16(10-17(15)27-24(29)32)21(30)26-12-13-5-4-6-14(25)9-13/h4-11H,12H2,1-3H3,(H,26,30)(H,27,32). The second-order valence-electron chi connectivity index (χ2n) is 7.36. The number of halogens is 1. The number of carbonyl (C=O) groups is 1. The van der Waals surface area contributed by atoms with E-state index in [1.807, 2.05) is 6.07 Å². The van der Waals surface area contributed by atoms with Crippen molar-refractivity contribution in [3.05, 3.63) is 85.5 Å². The van der Waals surface area contributed by atoms with E-state index in [1.54, 1.807) is 18.2 Å². The zero-order chi connectivity index (χ0) is 25.1. The number of H-pyrrole nitrogens is 1. The molecule has 4 rings (SSSR count). The number of rotatable bonds is 7. The predicted octanol–water partition coefficient (Wildman–Crippen LogP) is 2.68. The van der Waals surface area contributed by atoms with Gasteiger partial charge in [-0.15, -0.1) is 0 Å². The quantitative estimate of drug-likeness (QED) is 0.403. The fraction of sp³-hybridized carbons (Fsp3) is 0.167. The molecule has 0 aliphatic carbocycles. The number of nitrogens with zero attached hydrogens (tertiary/aromatic N) is 2. The molecule has 0 aliphatic heterocycles. The molecule has 0 bridgehead atoms. The molecule has 2 aromatic carbocycles. The molecule has 0 unspecified atom stereocenters. The highest BCUT2D eigenvalue weighted by molar-refractivity contribution is 6.30. The minimum absolute atomic E-state index is 0.0399. The van der Waals surface area contributed by atoms with Gasteiger partial charge in [-0.2, -0.15) is 4.98 Å². The summed E-state index contributed by atoms with van der Waals surface area (Å²) in [5, 5.41) is 3.47. The second-order valence-corrected chi connectivity index (χ2v) is 7.80. The molecule has 4 aromatic rings. The number of aromatic amines is 1. The highest BCUT2D eigenvalue weighted by Gasteiger charge is 2.19. The maximum absolute atomic E-state index is 13.3. The first-order valence-corrected chi connectivity index (χ1v) is 10.7. The monoisotopic (exact) mass is 496 g/mol. The smallest absolute Gasteiger partial charge is 0.334 e. The number of carbonyl (C=O) groups excluding carboxylic acids is 1. The van der Waals surface area contributed by atoms with Gasteiger partial charge in [0.2, 0.25) is 0 Å². The van der Waals surface area contributed by atoms with Gasteiger partial charge in [0, 0.05) is 11.6 Å². The maximum Gasteiger partial charge on any atom is 0.334 e. The Hall–Kier alpha value is -4.31. The lowest BCUT2D eigenvalue weighted by Crippen LogP contribution is -2.34. The van der Waals surface area contributed by atoms with Crippen LogP contribution in [0.3, 0.4) is 0 Å². The SMILES string of the molecule is COc1cc2c(=O)n(-c3ccc(OC)c(OC)n3)c(=O)[nH]c2cc1C(=O)NCc1cccc(Cl)c1. The summed E-state index contributed by atoms with van der Waals surface area (Å²) in [7, 11) is 4.23. The average molecular weight is 497 g/mol. The first-order chi connectivity index (χ1) is 16.9. The summed E-state index contributed by atoms with van der Waals surface area (Å²) in [5.74, 6) is 0.211. The molecule has 0 radical (unpaired) electrons. The van der Waals surface area contributed by atoms with Crippen molar-refractivity contribution in [1.82, 2.24) is 19.9 Å². The van der Waals surface area contributed by atoms with Crippen molar-refractivity contribution >= 4 is 28.4 Å². The predicted molar refractivity (Wildman–Crippen MR) is 130 cm³/mol. The summed E-state index contributed by atoms with van der Waals surface area (Å²) in [4.78, 5) is 45.8. The molecule has 2 aromatic heterocycles. The summed E-state index contributed by atoms with van der Waals surface area (Å²) in [6.45, 7) is 0.226. The Morgan fingerprint density at radius 1 is 1.03 bits per heavy atom. The number of aromatic nitrogens is 3. The van der Waals surface area contributed by atoms with Crippen molar-refractivity contribution in [3.8, 4) is 23.2 Å². The molecule has 1 amide bonds. The van der Waals surface area contributed by atoms with Crippen LogP contribution in [0.15, 0.2) is 58.1 Å². The van der Waals surface area contributed by atoms with E-state index in [-0.39, 0.29) is 40.5 Å². The Balaban J connectivity index is 1.76. The van der Waals surface area contributed by atoms with Crippen LogP contribution in [-0.4, -0.2) is 41.8 Å². The molecule has 180 valence electrons. The lowest BCUT2D eigenvalue weighted by atomic mass is 10.1. The average Bonchev–Trinajstić information content (AvgIpc) is 2.86. The Morgan fingerprint density at radius 3 is 2.49 bits per heavy atom. The van der Waals surface area contributed by atoms with Gasteiger partial charge in [0.15, 0.2) is 5.75 Å². The van der Waals surface area contributed by atoms with Crippen molar-refractivity contribution in [2.75, 3.05) is 21.3 Å². The largest absolute Gasteiger partial charge is 0.496 e. The summed E-state index contributed by atoms with van der Waals surface area (Å²) >= 11 is 5.99. The van der Waals surface area contributed by atoms with Crippen LogP contribution >= 0.6 is 11.6 Å². The fourth-order valence-electron chi connectivity index (χ4n) is 3.57. The van der Waals surface area contributed by atoms with Gasteiger partial charge >= 0.3 is 5.69 Å². The summed E-state index contributed by atoms with van der Waals surface area (Å²) < 4.78 is 16.6. The molecule has 2 heterocycles. The molecule has 0 saturated carbocycles. The number of fused-ring (bicyclic) bond motifs is 1. The number of methoxy groups -OCH3 is 3. The van der Waals surface area contributed by atoms with Gasteiger partial charge in [0.1, 0.15) is 11.6 Å². The van der Waals surface area contributed by atoms with Gasteiger partial charge in [-0.05, 0) is 42.0 Å². The van der Waals surface area contributed by atoms with Crippen LogP contribution in [0.25, 0.3) is 16.7 Å². The van der Waals surface area contributed by atoms with E-state index in [9.17, 15) is 14.4 Å². The van der Waals surface area contributed by atoms with Crippen molar-refractivity contribution in [1.29, 1.82) is 0 Å². The minimum Gasteiger partial charge on any atom is -0.496 e. The number of nitrogens with one attached hydrogen (secondary N) is 2. The second kappa shape index (κ2) is 9.90. The molecule has 10 nitrogen and oxygen atoms in total. The number of ether oxygens (including phenoxy) is 3. The van der Waals surface area contributed by atoms with Crippen LogP contribution in [0.4, 0.5) is 0 Å². The maximum atomic E-state index is 13.3. The van der Waals surface area contributed by atoms with Gasteiger partial charge < -0.3 is 24.5 Å². The van der Waals surface area contributed by atoms with Crippen LogP contribution in [0.5, 0.6) is 17.4 Å². The lowest BCUT2D eigenvalue weighted by molar-refractivity contribution is 0.0948. The minimum atomic E-state index is -0.738. The number of hydrogen-bond acceptors (Lipinski definition) is 7. The van der Waals surface area contributed by atoms with E-state index >= 15 is 0 Å². The van der Waals surface area contributed by atoms with Crippen molar-refractivity contribution in [2.24, 2.45) is 0 Å². The first-order valence-electron chi connectivity index (χ1n) is 10.4. The molecule has 0 aliphatic rings. The van der Waals surface area contributed by atoms with Gasteiger partial charge in [0.05, 0.1) is 37.8 Å². The number of amides is 1. The third-order valence-electron chi connectivity index (χ3n) is 5.26. The normalized spacial score (nSPS) is 10.7. The third kappa shape index (κ3) is 4.69. The highest BCUT2D eigenvalue weighted by atomic mass is 35.5. The molecule has 11 heteroatoms. The van der Waals surface area contributed by atoms with Crippen LogP contribution in [0.1, 0.15) is 15.9 Å². The van der Waals surface area contributed by atoms with Gasteiger partial charge in [-0.1, -0.05) is 23.7 Å². The van der Waals surface area contributed by atoms with E-state index < -0.39 is 17.2 Å². The number of pyridine rings is 1. The summed E-state index contributed by atoms with van der Waals surface area (Å²) in [5.41, 5.74) is -0.251. The van der Waals surface area contributed by atoms with E-state index in [0.717, 1.165) is 10.1 Å². The van der Waals surface area contributed by atoms with E-state index in [0.29, 0.717) is 10.8 Å². The van der Waals surface area contributed by atoms with Gasteiger partial charge in [-0.3, -0.25) is 9.59 Å². The topological polar surface area (TPSA) is 125 Å². The summed E-state index contributed by atoms with van der Waals surface area (Å²) in [6.07, 6.45) is 0. The Kier molecular flexibility index (Phi) is 6.74. The third-order valence-corrected chi connectivity index (χ3v) is 5.49.